The minimum Gasteiger partial charge on any atom is -0.495 e. The molecule has 0 unspecified atom stereocenters. The van der Waals surface area contributed by atoms with Crippen LogP contribution >= 0.6 is 0 Å². The smallest absolute Gasteiger partial charge is 0.255 e. The number of amides is 2. The molecule has 1 aliphatic heterocycles. The van der Waals surface area contributed by atoms with Gasteiger partial charge in [0.1, 0.15) is 10.6 Å². The average molecular weight is 432 g/mol. The molecular formula is C21H25N3O5S. The summed E-state index contributed by atoms with van der Waals surface area (Å²) in [6, 6.07) is 11.5. The molecule has 1 aliphatic rings. The molecule has 0 saturated carbocycles. The first kappa shape index (κ1) is 21.8. The van der Waals surface area contributed by atoms with E-state index in [1.807, 2.05) is 12.1 Å². The molecule has 2 aromatic rings. The molecule has 2 amide bonds. The van der Waals surface area contributed by atoms with Crippen molar-refractivity contribution in [2.24, 2.45) is 0 Å². The molecule has 1 heterocycles. The maximum absolute atomic E-state index is 12.7. The van der Waals surface area contributed by atoms with Crippen molar-refractivity contribution in [1.29, 1.82) is 0 Å². The summed E-state index contributed by atoms with van der Waals surface area (Å²) in [6.45, 7) is 1.24. The molecule has 0 atom stereocenters. The van der Waals surface area contributed by atoms with Crippen LogP contribution in [-0.2, 0) is 21.4 Å². The molecule has 3 rings (SSSR count). The summed E-state index contributed by atoms with van der Waals surface area (Å²) >= 11 is 0. The molecule has 0 bridgehead atoms. The zero-order chi connectivity index (χ0) is 21.9. The van der Waals surface area contributed by atoms with Crippen LogP contribution in [0.15, 0.2) is 47.4 Å². The van der Waals surface area contributed by atoms with Crippen molar-refractivity contribution >= 4 is 27.5 Å². The number of sulfonamides is 1. The first-order chi connectivity index (χ1) is 14.2. The van der Waals surface area contributed by atoms with Crippen molar-refractivity contribution in [1.82, 2.24) is 9.21 Å². The number of anilines is 1. The fourth-order valence-corrected chi connectivity index (χ4v) is 4.33. The van der Waals surface area contributed by atoms with Gasteiger partial charge in [-0.05, 0) is 42.3 Å². The van der Waals surface area contributed by atoms with E-state index >= 15 is 0 Å². The molecule has 30 heavy (non-hydrogen) atoms. The first-order valence-corrected chi connectivity index (χ1v) is 10.9. The van der Waals surface area contributed by atoms with Crippen LogP contribution in [-0.4, -0.2) is 57.2 Å². The summed E-state index contributed by atoms with van der Waals surface area (Å²) in [5.41, 5.74) is 1.67. The Morgan fingerprint density at radius 2 is 1.97 bits per heavy atom. The first-order valence-electron chi connectivity index (χ1n) is 9.51. The van der Waals surface area contributed by atoms with Crippen LogP contribution < -0.4 is 10.1 Å². The molecule has 0 spiro atoms. The third-order valence-corrected chi connectivity index (χ3v) is 6.75. The summed E-state index contributed by atoms with van der Waals surface area (Å²) in [4.78, 5) is 26.3. The van der Waals surface area contributed by atoms with E-state index in [2.05, 4.69) is 5.32 Å². The van der Waals surface area contributed by atoms with Gasteiger partial charge in [-0.15, -0.1) is 0 Å². The van der Waals surface area contributed by atoms with Gasteiger partial charge in [-0.2, -0.15) is 0 Å². The number of hydrogen-bond donors (Lipinski definition) is 1. The maximum atomic E-state index is 12.7. The number of hydrogen-bond acceptors (Lipinski definition) is 5. The molecule has 160 valence electrons. The molecule has 9 heteroatoms. The zero-order valence-electron chi connectivity index (χ0n) is 17.2. The van der Waals surface area contributed by atoms with Gasteiger partial charge in [-0.1, -0.05) is 12.1 Å². The van der Waals surface area contributed by atoms with E-state index in [0.717, 1.165) is 22.8 Å². The average Bonchev–Trinajstić information content (AvgIpc) is 3.12. The van der Waals surface area contributed by atoms with Gasteiger partial charge in [0, 0.05) is 44.9 Å². The van der Waals surface area contributed by atoms with Crippen LogP contribution in [0.4, 0.5) is 5.69 Å². The van der Waals surface area contributed by atoms with Gasteiger partial charge in [0.2, 0.25) is 15.9 Å². The predicted octanol–water partition coefficient (Wildman–Crippen LogP) is 2.32. The second-order valence-electron chi connectivity index (χ2n) is 7.23. The largest absolute Gasteiger partial charge is 0.495 e. The fraction of sp³-hybridized carbons (Fsp3) is 0.333. The Labute approximate surface area is 176 Å². The van der Waals surface area contributed by atoms with Crippen molar-refractivity contribution in [3.05, 3.63) is 53.6 Å². The van der Waals surface area contributed by atoms with Crippen LogP contribution in [0.3, 0.4) is 0 Å². The lowest BCUT2D eigenvalue weighted by Gasteiger charge is -2.17. The highest BCUT2D eigenvalue weighted by Gasteiger charge is 2.24. The van der Waals surface area contributed by atoms with Crippen molar-refractivity contribution in [2.45, 2.75) is 24.3 Å². The second kappa shape index (κ2) is 8.85. The van der Waals surface area contributed by atoms with Crippen LogP contribution in [0.25, 0.3) is 0 Å². The topological polar surface area (TPSA) is 96.0 Å². The summed E-state index contributed by atoms with van der Waals surface area (Å²) in [7, 11) is 0.422. The van der Waals surface area contributed by atoms with Gasteiger partial charge in [-0.3, -0.25) is 9.59 Å². The molecule has 1 N–H and O–H groups in total. The summed E-state index contributed by atoms with van der Waals surface area (Å²) in [6.07, 6.45) is 1.44. The van der Waals surface area contributed by atoms with Crippen LogP contribution in [0.2, 0.25) is 0 Å². The quantitative estimate of drug-likeness (QED) is 0.726. The SMILES string of the molecule is COc1ccc(C(=O)Nc2cccc(CN3CCCC3=O)c2)cc1S(=O)(=O)N(C)C. The van der Waals surface area contributed by atoms with Crippen LogP contribution in [0.5, 0.6) is 5.75 Å². The molecule has 0 radical (unpaired) electrons. The molecule has 1 fully saturated rings. The minimum absolute atomic E-state index is 0.0797. The number of benzene rings is 2. The van der Waals surface area contributed by atoms with Crippen molar-refractivity contribution in [3.8, 4) is 5.75 Å². The van der Waals surface area contributed by atoms with E-state index < -0.39 is 15.9 Å². The van der Waals surface area contributed by atoms with Gasteiger partial charge in [0.15, 0.2) is 0 Å². The fourth-order valence-electron chi connectivity index (χ4n) is 3.26. The lowest BCUT2D eigenvalue weighted by Crippen LogP contribution is -2.24. The van der Waals surface area contributed by atoms with E-state index in [0.29, 0.717) is 18.7 Å². The van der Waals surface area contributed by atoms with Gasteiger partial charge in [0.05, 0.1) is 7.11 Å². The molecule has 0 aliphatic carbocycles. The van der Waals surface area contributed by atoms with Gasteiger partial charge < -0.3 is 15.0 Å². The zero-order valence-corrected chi connectivity index (χ0v) is 18.0. The summed E-state index contributed by atoms with van der Waals surface area (Å²) < 4.78 is 31.3. The number of carbonyl (C=O) groups excluding carboxylic acids is 2. The normalized spacial score (nSPS) is 14.3. The van der Waals surface area contributed by atoms with Crippen LogP contribution in [0, 0.1) is 0 Å². The predicted molar refractivity (Wildman–Crippen MR) is 113 cm³/mol. The molecular weight excluding hydrogens is 406 g/mol. The van der Waals surface area contributed by atoms with E-state index in [1.54, 1.807) is 17.0 Å². The Kier molecular flexibility index (Phi) is 6.42. The van der Waals surface area contributed by atoms with E-state index in [9.17, 15) is 18.0 Å². The number of rotatable bonds is 7. The molecule has 2 aromatic carbocycles. The standard InChI is InChI=1S/C21H25N3O5S/c1-23(2)30(27,28)19-13-16(9-10-18(19)29-3)21(26)22-17-7-4-6-15(12-17)14-24-11-5-8-20(24)25/h4,6-7,9-10,12-13H,5,8,11,14H2,1-3H3,(H,22,26). The second-order valence-corrected chi connectivity index (χ2v) is 9.35. The summed E-state index contributed by atoms with van der Waals surface area (Å²) in [5, 5.41) is 2.79. The Morgan fingerprint density at radius 3 is 2.60 bits per heavy atom. The lowest BCUT2D eigenvalue weighted by atomic mass is 10.1. The number of nitrogens with one attached hydrogen (secondary N) is 1. The Balaban J connectivity index is 1.81. The van der Waals surface area contributed by atoms with Gasteiger partial charge in [0.25, 0.3) is 5.91 Å². The number of nitrogens with zero attached hydrogens (tertiary/aromatic N) is 2. The van der Waals surface area contributed by atoms with Gasteiger partial charge >= 0.3 is 0 Å². The monoisotopic (exact) mass is 431 g/mol. The molecule has 8 nitrogen and oxygen atoms in total. The maximum Gasteiger partial charge on any atom is 0.255 e. The van der Waals surface area contributed by atoms with Crippen molar-refractivity contribution in [2.75, 3.05) is 33.1 Å². The van der Waals surface area contributed by atoms with Crippen molar-refractivity contribution in [3.63, 3.8) is 0 Å². The molecule has 1 saturated heterocycles. The van der Waals surface area contributed by atoms with E-state index in [4.69, 9.17) is 4.74 Å². The number of carbonyl (C=O) groups is 2. The third-order valence-electron chi connectivity index (χ3n) is 4.91. The van der Waals surface area contributed by atoms with Gasteiger partial charge in [-0.25, -0.2) is 12.7 Å². The third kappa shape index (κ3) is 4.63. The van der Waals surface area contributed by atoms with E-state index in [-0.39, 0.29) is 22.1 Å². The number of ether oxygens (including phenoxy) is 1. The van der Waals surface area contributed by atoms with Crippen LogP contribution in [0.1, 0.15) is 28.8 Å². The Hall–Kier alpha value is -2.91. The summed E-state index contributed by atoms with van der Waals surface area (Å²) in [5.74, 6) is -0.142. The highest BCUT2D eigenvalue weighted by Crippen LogP contribution is 2.27. The Morgan fingerprint density at radius 1 is 1.20 bits per heavy atom. The lowest BCUT2D eigenvalue weighted by molar-refractivity contribution is -0.128. The highest BCUT2D eigenvalue weighted by atomic mass is 32.2. The molecule has 0 aromatic heterocycles. The van der Waals surface area contributed by atoms with E-state index in [1.165, 1.54) is 39.4 Å². The highest BCUT2D eigenvalue weighted by molar-refractivity contribution is 7.89. The number of methoxy groups -OCH3 is 1. The Bertz CT molecular complexity index is 1070. The van der Waals surface area contributed by atoms with Crippen molar-refractivity contribution < 1.29 is 22.7 Å². The number of likely N-dealkylation sites (tertiary alicyclic amines) is 1. The minimum atomic E-state index is -3.78.